The maximum Gasteiger partial charge on any atom is 0.334 e. The maximum absolute atomic E-state index is 11.9. The molecule has 0 bridgehead atoms. The number of ether oxygens (including phenoxy) is 2. The van der Waals surface area contributed by atoms with Crippen LogP contribution in [-0.2, 0) is 27.4 Å². The van der Waals surface area contributed by atoms with E-state index in [1.165, 1.54) is 7.11 Å². The van der Waals surface area contributed by atoms with Crippen molar-refractivity contribution in [1.29, 1.82) is 0 Å². The normalized spacial score (nSPS) is 11.6. The molecule has 0 saturated heterocycles. The molecule has 1 aromatic carbocycles. The quantitative estimate of drug-likeness (QED) is 0.714. The first-order valence-corrected chi connectivity index (χ1v) is 7.71. The van der Waals surface area contributed by atoms with Gasteiger partial charge in [0.15, 0.2) is 6.10 Å². The molecular weight excluding hydrogens is 324 g/mol. The SMILES string of the molecule is COC(CNC(=O)Cc1cccc(OCc2cccnc2)c1)C(=O)O. The summed E-state index contributed by atoms with van der Waals surface area (Å²) in [7, 11) is 1.29. The third-order valence-electron chi connectivity index (χ3n) is 3.44. The molecule has 0 aliphatic rings. The standard InChI is InChI=1S/C18H20N2O5/c1-24-16(18(22)23)11-20-17(21)9-13-4-2-6-15(8-13)25-12-14-5-3-7-19-10-14/h2-8,10,16H,9,11-12H2,1H3,(H,20,21)(H,22,23). The van der Waals surface area contributed by atoms with Gasteiger partial charge in [0.1, 0.15) is 12.4 Å². The number of carboxylic acids is 1. The highest BCUT2D eigenvalue weighted by Gasteiger charge is 2.17. The van der Waals surface area contributed by atoms with E-state index in [1.54, 1.807) is 24.5 Å². The molecule has 0 aliphatic carbocycles. The molecule has 2 N–H and O–H groups in total. The number of amides is 1. The topological polar surface area (TPSA) is 97.8 Å². The summed E-state index contributed by atoms with van der Waals surface area (Å²) in [6.45, 7) is 0.305. The zero-order valence-electron chi connectivity index (χ0n) is 13.8. The number of aromatic nitrogens is 1. The third-order valence-corrected chi connectivity index (χ3v) is 3.44. The minimum absolute atomic E-state index is 0.0815. The van der Waals surface area contributed by atoms with Crippen molar-refractivity contribution in [2.45, 2.75) is 19.1 Å². The number of rotatable bonds is 9. The largest absolute Gasteiger partial charge is 0.489 e. The molecule has 0 saturated carbocycles. The second-order valence-corrected chi connectivity index (χ2v) is 5.34. The lowest BCUT2D eigenvalue weighted by molar-refractivity contribution is -0.148. The highest BCUT2D eigenvalue weighted by atomic mass is 16.5. The molecule has 1 aromatic heterocycles. The zero-order valence-corrected chi connectivity index (χ0v) is 13.8. The van der Waals surface area contributed by atoms with Crippen LogP contribution in [0, 0.1) is 0 Å². The summed E-state index contributed by atoms with van der Waals surface area (Å²) in [5.74, 6) is -0.754. The number of methoxy groups -OCH3 is 1. The van der Waals surface area contributed by atoms with Crippen LogP contribution >= 0.6 is 0 Å². The Labute approximate surface area is 145 Å². The number of nitrogens with zero attached hydrogens (tertiary/aromatic N) is 1. The molecule has 132 valence electrons. The molecule has 1 heterocycles. The molecule has 1 amide bonds. The highest BCUT2D eigenvalue weighted by molar-refractivity contribution is 5.80. The van der Waals surface area contributed by atoms with E-state index in [4.69, 9.17) is 14.6 Å². The van der Waals surface area contributed by atoms with E-state index in [0.29, 0.717) is 12.4 Å². The number of carboxylic acid groups (broad SMARTS) is 1. The van der Waals surface area contributed by atoms with Crippen LogP contribution in [0.25, 0.3) is 0 Å². The Hall–Kier alpha value is -2.93. The lowest BCUT2D eigenvalue weighted by Gasteiger charge is -2.12. The molecule has 7 heteroatoms. The van der Waals surface area contributed by atoms with E-state index in [1.807, 2.05) is 24.3 Å². The van der Waals surface area contributed by atoms with Crippen LogP contribution in [0.4, 0.5) is 0 Å². The lowest BCUT2D eigenvalue weighted by Crippen LogP contribution is -2.38. The molecule has 0 spiro atoms. The van der Waals surface area contributed by atoms with Gasteiger partial charge in [-0.2, -0.15) is 0 Å². The van der Waals surface area contributed by atoms with Crippen molar-refractivity contribution in [3.63, 3.8) is 0 Å². The summed E-state index contributed by atoms with van der Waals surface area (Å²) in [6, 6.07) is 10.9. The number of nitrogens with one attached hydrogen (secondary N) is 1. The van der Waals surface area contributed by atoms with Crippen molar-refractivity contribution >= 4 is 11.9 Å². The molecule has 1 atom stereocenters. The third kappa shape index (κ3) is 6.23. The van der Waals surface area contributed by atoms with E-state index in [-0.39, 0.29) is 18.9 Å². The molecule has 0 fully saturated rings. The van der Waals surface area contributed by atoms with Gasteiger partial charge in [0.05, 0.1) is 13.0 Å². The number of hydrogen-bond donors (Lipinski definition) is 2. The van der Waals surface area contributed by atoms with Crippen LogP contribution in [0.5, 0.6) is 5.75 Å². The molecule has 0 aliphatic heterocycles. The molecular formula is C18H20N2O5. The number of hydrogen-bond acceptors (Lipinski definition) is 5. The first kappa shape index (κ1) is 18.4. The predicted molar refractivity (Wildman–Crippen MR) is 90.2 cm³/mol. The van der Waals surface area contributed by atoms with E-state index >= 15 is 0 Å². The molecule has 0 radical (unpaired) electrons. The van der Waals surface area contributed by atoms with Crippen LogP contribution in [0.1, 0.15) is 11.1 Å². The van der Waals surface area contributed by atoms with Gasteiger partial charge >= 0.3 is 5.97 Å². The van der Waals surface area contributed by atoms with Gasteiger partial charge in [-0.3, -0.25) is 9.78 Å². The fourth-order valence-electron chi connectivity index (χ4n) is 2.12. The number of benzene rings is 1. The predicted octanol–water partition coefficient (Wildman–Crippen LogP) is 1.42. The van der Waals surface area contributed by atoms with Gasteiger partial charge in [-0.25, -0.2) is 4.79 Å². The first-order valence-electron chi connectivity index (χ1n) is 7.71. The van der Waals surface area contributed by atoms with Crippen molar-refractivity contribution in [3.05, 3.63) is 59.9 Å². The Morgan fingerprint density at radius 2 is 2.04 bits per heavy atom. The van der Waals surface area contributed by atoms with Gasteiger partial charge in [-0.15, -0.1) is 0 Å². The van der Waals surface area contributed by atoms with Crippen molar-refractivity contribution < 1.29 is 24.2 Å². The lowest BCUT2D eigenvalue weighted by atomic mass is 10.1. The maximum atomic E-state index is 11.9. The van der Waals surface area contributed by atoms with Crippen LogP contribution < -0.4 is 10.1 Å². The fourth-order valence-corrected chi connectivity index (χ4v) is 2.12. The smallest absolute Gasteiger partial charge is 0.334 e. The molecule has 2 aromatic rings. The Kier molecular flexibility index (Phi) is 6.91. The molecule has 2 rings (SSSR count). The average molecular weight is 344 g/mol. The van der Waals surface area contributed by atoms with Gasteiger partial charge < -0.3 is 19.9 Å². The Bertz CT molecular complexity index is 706. The zero-order chi connectivity index (χ0) is 18.1. The van der Waals surface area contributed by atoms with E-state index in [2.05, 4.69) is 10.3 Å². The van der Waals surface area contributed by atoms with Crippen molar-refractivity contribution in [2.24, 2.45) is 0 Å². The summed E-state index contributed by atoms with van der Waals surface area (Å²) >= 11 is 0. The summed E-state index contributed by atoms with van der Waals surface area (Å²) in [5, 5.41) is 11.4. The summed E-state index contributed by atoms with van der Waals surface area (Å²) in [6.07, 6.45) is 2.49. The monoisotopic (exact) mass is 344 g/mol. The number of carbonyl (C=O) groups is 2. The second kappa shape index (κ2) is 9.39. The average Bonchev–Trinajstić information content (AvgIpc) is 2.61. The Morgan fingerprint density at radius 3 is 2.72 bits per heavy atom. The first-order chi connectivity index (χ1) is 12.1. The van der Waals surface area contributed by atoms with E-state index in [9.17, 15) is 9.59 Å². The van der Waals surface area contributed by atoms with E-state index in [0.717, 1.165) is 11.1 Å². The van der Waals surface area contributed by atoms with Crippen molar-refractivity contribution in [1.82, 2.24) is 10.3 Å². The van der Waals surface area contributed by atoms with Crippen LogP contribution in [-0.4, -0.2) is 41.7 Å². The van der Waals surface area contributed by atoms with Gasteiger partial charge in [0, 0.05) is 25.1 Å². The van der Waals surface area contributed by atoms with E-state index < -0.39 is 12.1 Å². The number of aliphatic carboxylic acids is 1. The Morgan fingerprint density at radius 1 is 1.24 bits per heavy atom. The molecule has 7 nitrogen and oxygen atoms in total. The summed E-state index contributed by atoms with van der Waals surface area (Å²) in [5.41, 5.74) is 1.72. The Balaban J connectivity index is 1.86. The minimum Gasteiger partial charge on any atom is -0.489 e. The minimum atomic E-state index is -1.12. The summed E-state index contributed by atoms with van der Waals surface area (Å²) in [4.78, 5) is 26.8. The van der Waals surface area contributed by atoms with Crippen LogP contribution in [0.15, 0.2) is 48.8 Å². The van der Waals surface area contributed by atoms with Crippen molar-refractivity contribution in [3.8, 4) is 5.75 Å². The van der Waals surface area contributed by atoms with Gasteiger partial charge in [-0.05, 0) is 23.8 Å². The second-order valence-electron chi connectivity index (χ2n) is 5.34. The van der Waals surface area contributed by atoms with Crippen molar-refractivity contribution in [2.75, 3.05) is 13.7 Å². The van der Waals surface area contributed by atoms with Gasteiger partial charge in [0.2, 0.25) is 5.91 Å². The van der Waals surface area contributed by atoms with Gasteiger partial charge in [-0.1, -0.05) is 18.2 Å². The highest BCUT2D eigenvalue weighted by Crippen LogP contribution is 2.15. The number of pyridine rings is 1. The van der Waals surface area contributed by atoms with Crippen LogP contribution in [0.2, 0.25) is 0 Å². The fraction of sp³-hybridized carbons (Fsp3) is 0.278. The van der Waals surface area contributed by atoms with Crippen LogP contribution in [0.3, 0.4) is 0 Å². The number of carbonyl (C=O) groups excluding carboxylic acids is 1. The van der Waals surface area contributed by atoms with Gasteiger partial charge in [0.25, 0.3) is 0 Å². The molecule has 25 heavy (non-hydrogen) atoms. The molecule has 1 unspecified atom stereocenters. The summed E-state index contributed by atoms with van der Waals surface area (Å²) < 4.78 is 10.5.